The van der Waals surface area contributed by atoms with Crippen molar-refractivity contribution in [1.29, 1.82) is 0 Å². The van der Waals surface area contributed by atoms with Gasteiger partial charge in [0.15, 0.2) is 0 Å². The van der Waals surface area contributed by atoms with E-state index in [9.17, 15) is 9.59 Å². The quantitative estimate of drug-likeness (QED) is 0.532. The topological polar surface area (TPSA) is 61.4 Å². The summed E-state index contributed by atoms with van der Waals surface area (Å²) >= 11 is 1.36. The summed E-state index contributed by atoms with van der Waals surface area (Å²) in [6, 6.07) is 20.4. The molecule has 0 saturated carbocycles. The molecule has 3 aromatic rings. The van der Waals surface area contributed by atoms with E-state index in [1.165, 1.54) is 11.3 Å². The van der Waals surface area contributed by atoms with Crippen LogP contribution in [0.15, 0.2) is 72.1 Å². The Morgan fingerprint density at radius 1 is 0.933 bits per heavy atom. The van der Waals surface area contributed by atoms with Gasteiger partial charge >= 0.3 is 0 Å². The number of hydrogen-bond donors (Lipinski definition) is 2. The summed E-state index contributed by atoms with van der Waals surface area (Å²) in [7, 11) is 0. The first-order valence-electron chi connectivity index (χ1n) is 10.1. The van der Waals surface area contributed by atoms with E-state index in [1.807, 2.05) is 66.0 Å². The number of carbonyl (C=O) groups is 2. The summed E-state index contributed by atoms with van der Waals surface area (Å²) in [5.41, 5.74) is 2.81. The Balaban J connectivity index is 1.73. The van der Waals surface area contributed by atoms with Crippen LogP contribution < -0.4 is 15.5 Å². The van der Waals surface area contributed by atoms with Gasteiger partial charge in [-0.25, -0.2) is 0 Å². The van der Waals surface area contributed by atoms with E-state index in [1.54, 1.807) is 6.07 Å². The van der Waals surface area contributed by atoms with E-state index in [2.05, 4.69) is 29.4 Å². The van der Waals surface area contributed by atoms with Crippen LogP contribution in [0, 0.1) is 0 Å². The number of benzene rings is 2. The molecule has 2 aromatic carbocycles. The van der Waals surface area contributed by atoms with E-state index in [0.717, 1.165) is 24.3 Å². The minimum Gasteiger partial charge on any atom is -0.372 e. The summed E-state index contributed by atoms with van der Waals surface area (Å²) < 4.78 is 0. The molecule has 0 spiro atoms. The van der Waals surface area contributed by atoms with E-state index in [0.29, 0.717) is 17.0 Å². The van der Waals surface area contributed by atoms with Crippen LogP contribution in [0.3, 0.4) is 0 Å². The van der Waals surface area contributed by atoms with E-state index >= 15 is 0 Å². The zero-order valence-electron chi connectivity index (χ0n) is 17.3. The summed E-state index contributed by atoms with van der Waals surface area (Å²) in [6.07, 6.45) is 0.418. The van der Waals surface area contributed by atoms with Crippen LogP contribution in [0.1, 0.15) is 29.1 Å². The molecule has 1 atom stereocenters. The van der Waals surface area contributed by atoms with Crippen LogP contribution in [-0.4, -0.2) is 30.9 Å². The Bertz CT molecular complexity index is 936. The minimum absolute atomic E-state index is 0.237. The van der Waals surface area contributed by atoms with Gasteiger partial charge < -0.3 is 15.5 Å². The lowest BCUT2D eigenvalue weighted by Crippen LogP contribution is -2.45. The molecule has 1 aromatic heterocycles. The maximum Gasteiger partial charge on any atom is 0.262 e. The van der Waals surface area contributed by atoms with Crippen molar-refractivity contribution in [2.24, 2.45) is 0 Å². The van der Waals surface area contributed by atoms with Gasteiger partial charge in [0.2, 0.25) is 5.91 Å². The monoisotopic (exact) mass is 421 g/mol. The highest BCUT2D eigenvalue weighted by molar-refractivity contribution is 7.12. The molecular weight excluding hydrogens is 394 g/mol. The van der Waals surface area contributed by atoms with Crippen LogP contribution in [0.5, 0.6) is 0 Å². The first-order valence-corrected chi connectivity index (χ1v) is 11.0. The number of amides is 2. The standard InChI is InChI=1S/C24H27N3O2S/c1-3-27(4-2)20-14-12-19(13-15-20)25-23(28)21(17-18-9-6-5-7-10-18)26-24(29)22-11-8-16-30-22/h5-16,21H,3-4,17H2,1-2H3,(H,25,28)(H,26,29). The smallest absolute Gasteiger partial charge is 0.262 e. The molecule has 6 heteroatoms. The molecule has 2 amide bonds. The molecule has 30 heavy (non-hydrogen) atoms. The van der Waals surface area contributed by atoms with E-state index in [4.69, 9.17) is 0 Å². The van der Waals surface area contributed by atoms with Crippen molar-refractivity contribution >= 4 is 34.5 Å². The number of thiophene rings is 1. The Kier molecular flexibility index (Phi) is 7.63. The van der Waals surface area contributed by atoms with Crippen LogP contribution in [0.25, 0.3) is 0 Å². The molecule has 2 N–H and O–H groups in total. The fourth-order valence-corrected chi connectivity index (χ4v) is 3.90. The summed E-state index contributed by atoms with van der Waals surface area (Å²) in [5.74, 6) is -0.475. The number of anilines is 2. The molecule has 1 heterocycles. The number of rotatable bonds is 9. The van der Waals surface area contributed by atoms with Crippen molar-refractivity contribution in [3.63, 3.8) is 0 Å². The largest absolute Gasteiger partial charge is 0.372 e. The maximum absolute atomic E-state index is 13.0. The second-order valence-electron chi connectivity index (χ2n) is 6.90. The predicted octanol–water partition coefficient (Wildman–Crippen LogP) is 4.57. The molecular formula is C24H27N3O2S. The summed E-state index contributed by atoms with van der Waals surface area (Å²) in [5, 5.41) is 7.68. The van der Waals surface area contributed by atoms with Gasteiger partial charge in [-0.2, -0.15) is 0 Å². The van der Waals surface area contributed by atoms with Crippen molar-refractivity contribution in [2.45, 2.75) is 26.3 Å². The van der Waals surface area contributed by atoms with Gasteiger partial charge in [0, 0.05) is 30.9 Å². The molecule has 5 nitrogen and oxygen atoms in total. The Morgan fingerprint density at radius 3 is 2.23 bits per heavy atom. The lowest BCUT2D eigenvalue weighted by Gasteiger charge is -2.22. The predicted molar refractivity (Wildman–Crippen MR) is 124 cm³/mol. The van der Waals surface area contributed by atoms with Crippen LogP contribution in [0.4, 0.5) is 11.4 Å². The average molecular weight is 422 g/mol. The Hall–Kier alpha value is -3.12. The zero-order chi connectivity index (χ0) is 21.3. The minimum atomic E-state index is -0.676. The lowest BCUT2D eigenvalue weighted by molar-refractivity contribution is -0.118. The molecule has 0 fully saturated rings. The molecule has 0 saturated heterocycles. The van der Waals surface area contributed by atoms with Crippen LogP contribution in [0.2, 0.25) is 0 Å². The van der Waals surface area contributed by atoms with Gasteiger partial charge in [-0.05, 0) is 55.1 Å². The van der Waals surface area contributed by atoms with Gasteiger partial charge in [-0.3, -0.25) is 9.59 Å². The third-order valence-electron chi connectivity index (χ3n) is 4.91. The lowest BCUT2D eigenvalue weighted by atomic mass is 10.0. The van der Waals surface area contributed by atoms with Crippen LogP contribution in [-0.2, 0) is 11.2 Å². The maximum atomic E-state index is 13.0. The van der Waals surface area contributed by atoms with Crippen molar-refractivity contribution in [3.8, 4) is 0 Å². The normalized spacial score (nSPS) is 11.5. The van der Waals surface area contributed by atoms with Crippen molar-refractivity contribution in [3.05, 3.63) is 82.6 Å². The SMILES string of the molecule is CCN(CC)c1ccc(NC(=O)C(Cc2ccccc2)NC(=O)c2cccs2)cc1. The van der Waals surface area contributed by atoms with Gasteiger partial charge in [0.1, 0.15) is 6.04 Å². The molecule has 0 aliphatic carbocycles. The van der Waals surface area contributed by atoms with Gasteiger partial charge in [0.25, 0.3) is 5.91 Å². The number of carbonyl (C=O) groups excluding carboxylic acids is 2. The Labute approximate surface area is 181 Å². The Morgan fingerprint density at radius 2 is 1.63 bits per heavy atom. The molecule has 0 radical (unpaired) electrons. The van der Waals surface area contributed by atoms with Crippen molar-refractivity contribution in [2.75, 3.05) is 23.3 Å². The number of nitrogens with zero attached hydrogens (tertiary/aromatic N) is 1. The van der Waals surface area contributed by atoms with Crippen molar-refractivity contribution < 1.29 is 9.59 Å². The second-order valence-corrected chi connectivity index (χ2v) is 7.85. The third-order valence-corrected chi connectivity index (χ3v) is 5.78. The van der Waals surface area contributed by atoms with Crippen LogP contribution >= 0.6 is 11.3 Å². The molecule has 3 rings (SSSR count). The fraction of sp³-hybridized carbons (Fsp3) is 0.250. The molecule has 0 bridgehead atoms. The first-order chi connectivity index (χ1) is 14.6. The highest BCUT2D eigenvalue weighted by Gasteiger charge is 2.22. The van der Waals surface area contributed by atoms with Gasteiger partial charge in [0.05, 0.1) is 4.88 Å². The molecule has 0 aliphatic heterocycles. The molecule has 0 aliphatic rings. The first kappa shape index (κ1) is 21.6. The van der Waals surface area contributed by atoms with Gasteiger partial charge in [-0.15, -0.1) is 11.3 Å². The summed E-state index contributed by atoms with van der Waals surface area (Å²) in [4.78, 5) is 28.4. The van der Waals surface area contributed by atoms with Gasteiger partial charge in [-0.1, -0.05) is 36.4 Å². The molecule has 156 valence electrons. The highest BCUT2D eigenvalue weighted by atomic mass is 32.1. The number of hydrogen-bond acceptors (Lipinski definition) is 4. The highest BCUT2D eigenvalue weighted by Crippen LogP contribution is 2.18. The average Bonchev–Trinajstić information content (AvgIpc) is 3.31. The molecule has 1 unspecified atom stereocenters. The van der Waals surface area contributed by atoms with E-state index < -0.39 is 6.04 Å². The third kappa shape index (κ3) is 5.70. The zero-order valence-corrected chi connectivity index (χ0v) is 18.1. The fourth-order valence-electron chi connectivity index (χ4n) is 3.27. The second kappa shape index (κ2) is 10.6. The number of nitrogens with one attached hydrogen (secondary N) is 2. The van der Waals surface area contributed by atoms with E-state index in [-0.39, 0.29) is 11.8 Å². The van der Waals surface area contributed by atoms with Crippen molar-refractivity contribution in [1.82, 2.24) is 5.32 Å². The summed E-state index contributed by atoms with van der Waals surface area (Å²) in [6.45, 7) is 6.08.